The van der Waals surface area contributed by atoms with Gasteiger partial charge in [0, 0.05) is 19.9 Å². The van der Waals surface area contributed by atoms with Crippen LogP contribution in [0.1, 0.15) is 10.4 Å². The normalized spacial score (nSPS) is 10.6. The number of ether oxygens (including phenoxy) is 2. The van der Waals surface area contributed by atoms with E-state index in [-0.39, 0.29) is 12.5 Å². The van der Waals surface area contributed by atoms with E-state index >= 15 is 0 Å². The number of amides is 1. The minimum atomic E-state index is -0.595. The number of aromatic nitrogens is 2. The Kier molecular flexibility index (Phi) is 6.35. The van der Waals surface area contributed by atoms with Crippen LogP contribution in [-0.2, 0) is 14.3 Å². The molecule has 8 heteroatoms. The first-order valence-corrected chi connectivity index (χ1v) is 9.18. The minimum absolute atomic E-state index is 0.311. The lowest BCUT2D eigenvalue weighted by atomic mass is 10.2. The molecule has 0 saturated carbocycles. The molecule has 0 atom stereocenters. The number of rotatable bonds is 8. The van der Waals surface area contributed by atoms with Gasteiger partial charge in [0.25, 0.3) is 5.91 Å². The molecule has 0 spiro atoms. The fourth-order valence-corrected chi connectivity index (χ4v) is 3.11. The van der Waals surface area contributed by atoms with E-state index in [9.17, 15) is 9.59 Å². The van der Waals surface area contributed by atoms with Crippen LogP contribution in [0.25, 0.3) is 16.3 Å². The van der Waals surface area contributed by atoms with Crippen molar-refractivity contribution in [3.05, 3.63) is 59.6 Å². The van der Waals surface area contributed by atoms with Crippen molar-refractivity contribution in [1.82, 2.24) is 15.1 Å². The molecular formula is C19H19N3O4S. The SMILES string of the molecule is COCCNC(=O)COC(=O)c1cn(-c2ccccc2)nc1-c1cccs1. The topological polar surface area (TPSA) is 82.5 Å². The van der Waals surface area contributed by atoms with Gasteiger partial charge in [0.2, 0.25) is 0 Å². The molecule has 3 aromatic rings. The molecule has 0 aliphatic carbocycles. The fourth-order valence-electron chi connectivity index (χ4n) is 2.38. The summed E-state index contributed by atoms with van der Waals surface area (Å²) < 4.78 is 11.7. The van der Waals surface area contributed by atoms with Crippen LogP contribution in [0.15, 0.2) is 54.0 Å². The average Bonchev–Trinajstić information content (AvgIpc) is 3.36. The Bertz CT molecular complexity index is 891. The molecule has 0 aliphatic rings. The Morgan fingerprint density at radius 2 is 2.00 bits per heavy atom. The lowest BCUT2D eigenvalue weighted by Crippen LogP contribution is -2.31. The summed E-state index contributed by atoms with van der Waals surface area (Å²) in [5, 5.41) is 9.06. The van der Waals surface area contributed by atoms with E-state index in [1.807, 2.05) is 47.8 Å². The molecule has 1 aromatic carbocycles. The summed E-state index contributed by atoms with van der Waals surface area (Å²) in [7, 11) is 1.54. The van der Waals surface area contributed by atoms with Gasteiger partial charge < -0.3 is 14.8 Å². The zero-order valence-electron chi connectivity index (χ0n) is 14.8. The number of para-hydroxylation sites is 1. The Labute approximate surface area is 160 Å². The van der Waals surface area contributed by atoms with E-state index in [1.54, 1.807) is 18.0 Å². The number of carbonyl (C=O) groups excluding carboxylic acids is 2. The average molecular weight is 385 g/mol. The van der Waals surface area contributed by atoms with Crippen LogP contribution >= 0.6 is 11.3 Å². The van der Waals surface area contributed by atoms with Crippen molar-refractivity contribution in [1.29, 1.82) is 0 Å². The number of benzene rings is 1. The maximum absolute atomic E-state index is 12.6. The van der Waals surface area contributed by atoms with Crippen LogP contribution in [0, 0.1) is 0 Å². The summed E-state index contributed by atoms with van der Waals surface area (Å²) in [6, 6.07) is 13.3. The standard InChI is InChI=1S/C19H19N3O4S/c1-25-10-9-20-17(23)13-26-19(24)15-12-22(14-6-3-2-4-7-14)21-18(15)16-8-5-11-27-16/h2-8,11-12H,9-10,13H2,1H3,(H,20,23). The number of carbonyl (C=O) groups is 2. The third-order valence-electron chi connectivity index (χ3n) is 3.67. The van der Waals surface area contributed by atoms with Gasteiger partial charge in [0.05, 0.1) is 17.2 Å². The van der Waals surface area contributed by atoms with Crippen LogP contribution in [0.3, 0.4) is 0 Å². The number of thiophene rings is 1. The van der Waals surface area contributed by atoms with Crippen molar-refractivity contribution in [3.63, 3.8) is 0 Å². The first-order chi connectivity index (χ1) is 13.2. The zero-order chi connectivity index (χ0) is 19.1. The Hall–Kier alpha value is -2.97. The van der Waals surface area contributed by atoms with Crippen molar-refractivity contribution >= 4 is 23.2 Å². The molecule has 3 rings (SSSR count). The first kappa shape index (κ1) is 18.8. The largest absolute Gasteiger partial charge is 0.452 e. The maximum Gasteiger partial charge on any atom is 0.342 e. The molecule has 7 nitrogen and oxygen atoms in total. The zero-order valence-corrected chi connectivity index (χ0v) is 15.6. The molecule has 0 saturated heterocycles. The van der Waals surface area contributed by atoms with Gasteiger partial charge in [0.1, 0.15) is 11.3 Å². The van der Waals surface area contributed by atoms with Crippen molar-refractivity contribution in [2.24, 2.45) is 0 Å². The Morgan fingerprint density at radius 1 is 1.19 bits per heavy atom. The quantitative estimate of drug-likeness (QED) is 0.476. The number of methoxy groups -OCH3 is 1. The highest BCUT2D eigenvalue weighted by atomic mass is 32.1. The molecular weight excluding hydrogens is 366 g/mol. The monoisotopic (exact) mass is 385 g/mol. The molecule has 0 radical (unpaired) electrons. The van der Waals surface area contributed by atoms with Gasteiger partial charge in [-0.1, -0.05) is 24.3 Å². The van der Waals surface area contributed by atoms with E-state index < -0.39 is 5.97 Å². The molecule has 0 aliphatic heterocycles. The Balaban J connectivity index is 1.78. The van der Waals surface area contributed by atoms with Gasteiger partial charge in [-0.3, -0.25) is 4.79 Å². The summed E-state index contributed by atoms with van der Waals surface area (Å²) in [6.45, 7) is 0.397. The lowest BCUT2D eigenvalue weighted by Gasteiger charge is -2.05. The summed E-state index contributed by atoms with van der Waals surface area (Å²) in [6.07, 6.45) is 1.62. The maximum atomic E-state index is 12.6. The van der Waals surface area contributed by atoms with Crippen LogP contribution in [0.4, 0.5) is 0 Å². The summed E-state index contributed by atoms with van der Waals surface area (Å²) in [5.74, 6) is -0.976. The highest BCUT2D eigenvalue weighted by Crippen LogP contribution is 2.28. The second-order valence-electron chi connectivity index (χ2n) is 5.57. The highest BCUT2D eigenvalue weighted by molar-refractivity contribution is 7.13. The second kappa shape index (κ2) is 9.11. The number of esters is 1. The van der Waals surface area contributed by atoms with Crippen molar-refractivity contribution in [2.75, 3.05) is 26.9 Å². The van der Waals surface area contributed by atoms with E-state index in [0.29, 0.717) is 24.4 Å². The van der Waals surface area contributed by atoms with Gasteiger partial charge in [-0.05, 0) is 23.6 Å². The van der Waals surface area contributed by atoms with Crippen LogP contribution in [-0.4, -0.2) is 48.5 Å². The van der Waals surface area contributed by atoms with E-state index in [4.69, 9.17) is 9.47 Å². The van der Waals surface area contributed by atoms with Crippen molar-refractivity contribution < 1.29 is 19.1 Å². The molecule has 1 amide bonds. The van der Waals surface area contributed by atoms with Crippen molar-refractivity contribution in [3.8, 4) is 16.3 Å². The number of nitrogens with one attached hydrogen (secondary N) is 1. The predicted octanol–water partition coefficient (Wildman–Crippen LogP) is 2.52. The van der Waals surface area contributed by atoms with Gasteiger partial charge in [0.15, 0.2) is 6.61 Å². The molecule has 0 fully saturated rings. The number of nitrogens with zero attached hydrogens (tertiary/aromatic N) is 2. The fraction of sp³-hybridized carbons (Fsp3) is 0.211. The van der Waals surface area contributed by atoms with Crippen LogP contribution in [0.2, 0.25) is 0 Å². The smallest absolute Gasteiger partial charge is 0.342 e. The third-order valence-corrected chi connectivity index (χ3v) is 4.55. The van der Waals surface area contributed by atoms with E-state index in [2.05, 4.69) is 10.4 Å². The molecule has 27 heavy (non-hydrogen) atoms. The molecule has 140 valence electrons. The molecule has 0 unspecified atom stereocenters. The van der Waals surface area contributed by atoms with Crippen LogP contribution < -0.4 is 5.32 Å². The van der Waals surface area contributed by atoms with Crippen molar-refractivity contribution in [2.45, 2.75) is 0 Å². The van der Waals surface area contributed by atoms with Crippen LogP contribution in [0.5, 0.6) is 0 Å². The van der Waals surface area contributed by atoms with Gasteiger partial charge in [-0.2, -0.15) is 5.10 Å². The van der Waals surface area contributed by atoms with Gasteiger partial charge in [-0.15, -0.1) is 11.3 Å². The summed E-state index contributed by atoms with van der Waals surface area (Å²) in [4.78, 5) is 25.1. The molecule has 1 N–H and O–H groups in total. The predicted molar refractivity (Wildman–Crippen MR) is 102 cm³/mol. The highest BCUT2D eigenvalue weighted by Gasteiger charge is 2.21. The summed E-state index contributed by atoms with van der Waals surface area (Å²) >= 11 is 1.48. The first-order valence-electron chi connectivity index (χ1n) is 8.31. The number of hydrogen-bond acceptors (Lipinski definition) is 6. The van der Waals surface area contributed by atoms with E-state index in [1.165, 1.54) is 11.3 Å². The third kappa shape index (κ3) is 4.81. The van der Waals surface area contributed by atoms with E-state index in [0.717, 1.165) is 10.6 Å². The van der Waals surface area contributed by atoms with Gasteiger partial charge >= 0.3 is 5.97 Å². The lowest BCUT2D eigenvalue weighted by molar-refractivity contribution is -0.124. The molecule has 2 aromatic heterocycles. The Morgan fingerprint density at radius 3 is 2.70 bits per heavy atom. The minimum Gasteiger partial charge on any atom is -0.452 e. The summed E-state index contributed by atoms with van der Waals surface area (Å²) in [5.41, 5.74) is 1.66. The molecule has 2 heterocycles. The van der Waals surface area contributed by atoms with Gasteiger partial charge in [-0.25, -0.2) is 9.48 Å². The second-order valence-corrected chi connectivity index (χ2v) is 6.52. The number of hydrogen-bond donors (Lipinski definition) is 1. The molecule has 0 bridgehead atoms.